The molecule has 0 saturated carbocycles. The molecule has 0 fully saturated rings. The average molecular weight is 383 g/mol. The minimum absolute atomic E-state index is 0.109. The van der Waals surface area contributed by atoms with Gasteiger partial charge in [-0.15, -0.1) is 0 Å². The fraction of sp³-hybridized carbons (Fsp3) is 0.348. The number of amides is 1. The van der Waals surface area contributed by atoms with Crippen LogP contribution in [0, 0.1) is 5.92 Å². The number of carbonyl (C=O) groups is 1. The Balaban J connectivity index is 1.81. The molecule has 1 aromatic heterocycles. The summed E-state index contributed by atoms with van der Waals surface area (Å²) in [6, 6.07) is 16.3. The molecular formula is C23H27ClN2O. The molecule has 27 heavy (non-hydrogen) atoms. The van der Waals surface area contributed by atoms with Gasteiger partial charge in [0.2, 0.25) is 5.91 Å². The van der Waals surface area contributed by atoms with E-state index >= 15 is 0 Å². The maximum Gasteiger partial charge on any atom is 0.220 e. The van der Waals surface area contributed by atoms with Crippen molar-refractivity contribution in [3.8, 4) is 0 Å². The third-order valence-corrected chi connectivity index (χ3v) is 5.11. The number of nitrogens with one attached hydrogen (secondary N) is 2. The van der Waals surface area contributed by atoms with Crippen molar-refractivity contribution in [3.05, 3.63) is 70.9 Å². The van der Waals surface area contributed by atoms with Gasteiger partial charge < -0.3 is 10.3 Å². The Morgan fingerprint density at radius 2 is 1.93 bits per heavy atom. The lowest BCUT2D eigenvalue weighted by Crippen LogP contribution is -2.28. The van der Waals surface area contributed by atoms with Crippen LogP contribution in [-0.2, 0) is 11.2 Å². The van der Waals surface area contributed by atoms with Gasteiger partial charge in [0.1, 0.15) is 0 Å². The lowest BCUT2D eigenvalue weighted by Gasteiger charge is -2.17. The largest absolute Gasteiger partial charge is 0.361 e. The molecule has 3 rings (SSSR count). The van der Waals surface area contributed by atoms with Crippen molar-refractivity contribution >= 4 is 28.4 Å². The van der Waals surface area contributed by atoms with Crippen LogP contribution in [0.2, 0.25) is 5.02 Å². The van der Waals surface area contributed by atoms with Crippen LogP contribution in [0.4, 0.5) is 0 Å². The molecule has 0 aliphatic heterocycles. The molecule has 0 saturated heterocycles. The monoisotopic (exact) mass is 382 g/mol. The Morgan fingerprint density at radius 1 is 1.15 bits per heavy atom. The standard InChI is InChI=1S/C23H27ClN2O/c1-16(2)14-26-23(27)12-18(9-8-17-6-4-3-5-7-17)21-15-25-22-11-10-19(24)13-20(21)22/h3-7,10-11,13,15-16,18,25H,8-9,12,14H2,1-2H3,(H,26,27). The topological polar surface area (TPSA) is 44.9 Å². The average Bonchev–Trinajstić information content (AvgIpc) is 3.07. The van der Waals surface area contributed by atoms with E-state index in [2.05, 4.69) is 48.4 Å². The second kappa shape index (κ2) is 9.09. The molecule has 0 aliphatic carbocycles. The first kappa shape index (κ1) is 19.5. The molecule has 2 aromatic carbocycles. The van der Waals surface area contributed by atoms with Gasteiger partial charge >= 0.3 is 0 Å². The lowest BCUT2D eigenvalue weighted by atomic mass is 9.89. The lowest BCUT2D eigenvalue weighted by molar-refractivity contribution is -0.121. The predicted molar refractivity (Wildman–Crippen MR) is 113 cm³/mol. The van der Waals surface area contributed by atoms with Crippen LogP contribution in [0.25, 0.3) is 10.9 Å². The molecule has 0 bridgehead atoms. The molecule has 0 radical (unpaired) electrons. The Morgan fingerprint density at radius 3 is 2.67 bits per heavy atom. The molecule has 1 unspecified atom stereocenters. The molecule has 1 atom stereocenters. The summed E-state index contributed by atoms with van der Waals surface area (Å²) in [6.45, 7) is 4.92. The number of aryl methyl sites for hydroxylation is 1. The number of fused-ring (bicyclic) bond motifs is 1. The van der Waals surface area contributed by atoms with E-state index in [9.17, 15) is 4.79 Å². The van der Waals surface area contributed by atoms with Gasteiger partial charge in [-0.25, -0.2) is 0 Å². The highest BCUT2D eigenvalue weighted by Crippen LogP contribution is 2.33. The molecular weight excluding hydrogens is 356 g/mol. The van der Waals surface area contributed by atoms with E-state index in [4.69, 9.17) is 11.6 Å². The quantitative estimate of drug-likeness (QED) is 0.515. The van der Waals surface area contributed by atoms with Crippen LogP contribution in [0.15, 0.2) is 54.7 Å². The smallest absolute Gasteiger partial charge is 0.220 e. The van der Waals surface area contributed by atoms with Crippen LogP contribution in [0.1, 0.15) is 43.7 Å². The van der Waals surface area contributed by atoms with Crippen molar-refractivity contribution in [2.75, 3.05) is 6.54 Å². The van der Waals surface area contributed by atoms with Crippen molar-refractivity contribution in [3.63, 3.8) is 0 Å². The molecule has 142 valence electrons. The fourth-order valence-corrected chi connectivity index (χ4v) is 3.59. The van der Waals surface area contributed by atoms with E-state index in [0.29, 0.717) is 18.9 Å². The van der Waals surface area contributed by atoms with Crippen LogP contribution < -0.4 is 5.32 Å². The molecule has 1 heterocycles. The summed E-state index contributed by atoms with van der Waals surface area (Å²) in [4.78, 5) is 15.8. The number of H-pyrrole nitrogens is 1. The second-order valence-electron chi connectivity index (χ2n) is 7.56. The summed E-state index contributed by atoms with van der Waals surface area (Å²) >= 11 is 6.22. The highest BCUT2D eigenvalue weighted by atomic mass is 35.5. The maximum atomic E-state index is 12.5. The molecule has 1 amide bonds. The van der Waals surface area contributed by atoms with Gasteiger partial charge in [-0.05, 0) is 54.0 Å². The van der Waals surface area contributed by atoms with Gasteiger partial charge in [0.25, 0.3) is 0 Å². The number of rotatable bonds is 8. The first-order valence-corrected chi connectivity index (χ1v) is 9.98. The number of halogens is 1. The molecule has 3 aromatic rings. The van der Waals surface area contributed by atoms with E-state index in [1.807, 2.05) is 30.5 Å². The van der Waals surface area contributed by atoms with E-state index in [0.717, 1.165) is 28.8 Å². The Hall–Kier alpha value is -2.26. The van der Waals surface area contributed by atoms with Crippen LogP contribution >= 0.6 is 11.6 Å². The number of hydrogen-bond acceptors (Lipinski definition) is 1. The van der Waals surface area contributed by atoms with E-state index in [1.165, 1.54) is 11.1 Å². The summed E-state index contributed by atoms with van der Waals surface area (Å²) in [5, 5.41) is 4.88. The maximum absolute atomic E-state index is 12.5. The van der Waals surface area contributed by atoms with Gasteiger partial charge in [0, 0.05) is 35.1 Å². The van der Waals surface area contributed by atoms with Crippen molar-refractivity contribution in [2.24, 2.45) is 5.92 Å². The van der Waals surface area contributed by atoms with E-state index in [1.54, 1.807) is 0 Å². The second-order valence-corrected chi connectivity index (χ2v) is 7.99. The number of carbonyl (C=O) groups excluding carboxylic acids is 1. The van der Waals surface area contributed by atoms with Crippen molar-refractivity contribution in [2.45, 2.75) is 39.0 Å². The normalized spacial score (nSPS) is 12.4. The molecule has 0 spiro atoms. The Bertz CT molecular complexity index is 886. The summed E-state index contributed by atoms with van der Waals surface area (Å²) in [5.41, 5.74) is 3.52. The van der Waals surface area contributed by atoms with Crippen LogP contribution in [0.3, 0.4) is 0 Å². The predicted octanol–water partition coefficient (Wildman–Crippen LogP) is 5.70. The van der Waals surface area contributed by atoms with Gasteiger partial charge in [0.15, 0.2) is 0 Å². The highest BCUT2D eigenvalue weighted by Gasteiger charge is 2.20. The summed E-state index contributed by atoms with van der Waals surface area (Å²) < 4.78 is 0. The van der Waals surface area contributed by atoms with Crippen molar-refractivity contribution in [1.82, 2.24) is 10.3 Å². The zero-order valence-corrected chi connectivity index (χ0v) is 16.7. The third kappa shape index (κ3) is 5.36. The summed E-state index contributed by atoms with van der Waals surface area (Å²) in [6.07, 6.45) is 4.38. The van der Waals surface area contributed by atoms with Gasteiger partial charge in [-0.3, -0.25) is 4.79 Å². The number of benzene rings is 2. The number of aromatic nitrogens is 1. The van der Waals surface area contributed by atoms with Crippen LogP contribution in [0.5, 0.6) is 0 Å². The van der Waals surface area contributed by atoms with Gasteiger partial charge in [-0.1, -0.05) is 55.8 Å². The summed E-state index contributed by atoms with van der Waals surface area (Å²) in [7, 11) is 0. The minimum atomic E-state index is 0.109. The fourth-order valence-electron chi connectivity index (χ4n) is 3.42. The molecule has 4 heteroatoms. The summed E-state index contributed by atoms with van der Waals surface area (Å²) in [5.74, 6) is 0.700. The van der Waals surface area contributed by atoms with Crippen molar-refractivity contribution < 1.29 is 4.79 Å². The minimum Gasteiger partial charge on any atom is -0.361 e. The zero-order valence-electron chi connectivity index (χ0n) is 16.0. The zero-order chi connectivity index (χ0) is 19.2. The Labute approximate surface area is 166 Å². The molecule has 0 aliphatic rings. The van der Waals surface area contributed by atoms with E-state index < -0.39 is 0 Å². The van der Waals surface area contributed by atoms with E-state index in [-0.39, 0.29) is 11.8 Å². The van der Waals surface area contributed by atoms with Crippen LogP contribution in [-0.4, -0.2) is 17.4 Å². The number of hydrogen-bond donors (Lipinski definition) is 2. The molecule has 2 N–H and O–H groups in total. The van der Waals surface area contributed by atoms with Crippen molar-refractivity contribution in [1.29, 1.82) is 0 Å². The highest BCUT2D eigenvalue weighted by molar-refractivity contribution is 6.31. The first-order chi connectivity index (χ1) is 13.0. The SMILES string of the molecule is CC(C)CNC(=O)CC(CCc1ccccc1)c1c[nH]c2ccc(Cl)cc12. The number of aromatic amines is 1. The first-order valence-electron chi connectivity index (χ1n) is 9.60. The van der Waals surface area contributed by atoms with Gasteiger partial charge in [0.05, 0.1) is 0 Å². The van der Waals surface area contributed by atoms with Gasteiger partial charge in [-0.2, -0.15) is 0 Å². The molecule has 3 nitrogen and oxygen atoms in total. The Kier molecular flexibility index (Phi) is 6.57. The third-order valence-electron chi connectivity index (χ3n) is 4.88.